The maximum Gasteiger partial charge on any atom is 0.240 e. The Kier molecular flexibility index (Phi) is 5.80. The summed E-state index contributed by atoms with van der Waals surface area (Å²) in [7, 11) is -3.55. The van der Waals surface area contributed by atoms with Crippen molar-refractivity contribution >= 4 is 33.8 Å². The Balaban J connectivity index is 0.00000192. The summed E-state index contributed by atoms with van der Waals surface area (Å²) in [6.07, 6.45) is 2.09. The van der Waals surface area contributed by atoms with E-state index in [9.17, 15) is 8.42 Å². The number of thiazole rings is 1. The highest BCUT2D eigenvalue weighted by atomic mass is 35.5. The van der Waals surface area contributed by atoms with Crippen LogP contribution in [0.1, 0.15) is 18.5 Å². The minimum atomic E-state index is -3.55. The fourth-order valence-electron chi connectivity index (χ4n) is 2.39. The van der Waals surface area contributed by atoms with Gasteiger partial charge >= 0.3 is 0 Å². The number of rotatable bonds is 6. The number of nitrogens with one attached hydrogen (secondary N) is 1. The first-order chi connectivity index (χ1) is 10.5. The third-order valence-corrected chi connectivity index (χ3v) is 6.26. The van der Waals surface area contributed by atoms with Crippen LogP contribution < -0.4 is 10.5 Å². The van der Waals surface area contributed by atoms with Gasteiger partial charge in [0.1, 0.15) is 5.01 Å². The summed E-state index contributed by atoms with van der Waals surface area (Å²) < 4.78 is 27.8. The van der Waals surface area contributed by atoms with Gasteiger partial charge in [-0.1, -0.05) is 12.1 Å². The van der Waals surface area contributed by atoms with Crippen molar-refractivity contribution < 1.29 is 8.42 Å². The van der Waals surface area contributed by atoms with Crippen LogP contribution in [0.2, 0.25) is 0 Å². The summed E-state index contributed by atoms with van der Waals surface area (Å²) in [6, 6.07) is 6.72. The fraction of sp³-hybridized carbons (Fsp3) is 0.400. The van der Waals surface area contributed by atoms with Crippen LogP contribution in [0.25, 0.3) is 10.6 Å². The summed E-state index contributed by atoms with van der Waals surface area (Å²) >= 11 is 1.51. The molecule has 1 heterocycles. The summed E-state index contributed by atoms with van der Waals surface area (Å²) in [5, 5.41) is 2.78. The van der Waals surface area contributed by atoms with Crippen molar-refractivity contribution in [3.63, 3.8) is 0 Å². The van der Waals surface area contributed by atoms with Gasteiger partial charge in [0.05, 0.1) is 4.90 Å². The van der Waals surface area contributed by atoms with Gasteiger partial charge in [-0.2, -0.15) is 0 Å². The summed E-state index contributed by atoms with van der Waals surface area (Å²) in [5.41, 5.74) is 7.44. The Bertz CT molecular complexity index is 773. The van der Waals surface area contributed by atoms with E-state index in [1.54, 1.807) is 18.2 Å². The molecular weight excluding hydrogens is 354 g/mol. The molecule has 1 aliphatic rings. The van der Waals surface area contributed by atoms with E-state index in [2.05, 4.69) is 9.71 Å². The molecule has 1 unspecified atom stereocenters. The van der Waals surface area contributed by atoms with E-state index in [0.717, 1.165) is 29.1 Å². The molecule has 126 valence electrons. The lowest BCUT2D eigenvalue weighted by atomic mass is 10.2. The fourth-order valence-corrected chi connectivity index (χ4v) is 4.54. The van der Waals surface area contributed by atoms with Gasteiger partial charge in [0.2, 0.25) is 10.0 Å². The topological polar surface area (TPSA) is 85.1 Å². The van der Waals surface area contributed by atoms with Crippen LogP contribution in [0.3, 0.4) is 0 Å². The van der Waals surface area contributed by atoms with E-state index in [0.29, 0.717) is 12.5 Å². The molecule has 1 aromatic heterocycles. The van der Waals surface area contributed by atoms with Crippen molar-refractivity contribution in [2.45, 2.75) is 30.7 Å². The van der Waals surface area contributed by atoms with Crippen LogP contribution in [-0.4, -0.2) is 26.0 Å². The van der Waals surface area contributed by atoms with Gasteiger partial charge in [0.15, 0.2) is 0 Å². The minimum Gasteiger partial charge on any atom is -0.329 e. The summed E-state index contributed by atoms with van der Waals surface area (Å²) in [4.78, 5) is 4.66. The third kappa shape index (κ3) is 4.30. The van der Waals surface area contributed by atoms with Gasteiger partial charge in [0, 0.05) is 29.2 Å². The molecule has 0 spiro atoms. The molecule has 1 saturated carbocycles. The molecule has 2 aromatic rings. The number of halogens is 1. The van der Waals surface area contributed by atoms with Crippen molar-refractivity contribution in [1.82, 2.24) is 9.71 Å². The number of nitrogens with zero attached hydrogens (tertiary/aromatic N) is 1. The Morgan fingerprint density at radius 3 is 2.74 bits per heavy atom. The molecule has 3 N–H and O–H groups in total. The Hall–Kier alpha value is -0.990. The van der Waals surface area contributed by atoms with Gasteiger partial charge in [-0.15, -0.1) is 23.7 Å². The minimum absolute atomic E-state index is 0. The maximum absolute atomic E-state index is 12.5. The monoisotopic (exact) mass is 373 g/mol. The predicted octanol–water partition coefficient (Wildman–Crippen LogP) is 2.56. The second-order valence-corrected chi connectivity index (χ2v) is 8.19. The van der Waals surface area contributed by atoms with Gasteiger partial charge in [-0.05, 0) is 37.8 Å². The zero-order valence-electron chi connectivity index (χ0n) is 12.7. The van der Waals surface area contributed by atoms with Crippen LogP contribution in [-0.2, 0) is 10.0 Å². The average molecular weight is 374 g/mol. The van der Waals surface area contributed by atoms with E-state index in [1.807, 2.05) is 18.4 Å². The second kappa shape index (κ2) is 7.27. The van der Waals surface area contributed by atoms with E-state index in [-0.39, 0.29) is 23.3 Å². The lowest BCUT2D eigenvalue weighted by Gasteiger charge is -2.16. The lowest BCUT2D eigenvalue weighted by molar-refractivity contribution is 0.519. The molecule has 0 bridgehead atoms. The van der Waals surface area contributed by atoms with Crippen LogP contribution in [0.4, 0.5) is 0 Å². The van der Waals surface area contributed by atoms with Gasteiger partial charge in [0.25, 0.3) is 0 Å². The number of aromatic nitrogens is 1. The van der Waals surface area contributed by atoms with Crippen LogP contribution in [0.15, 0.2) is 34.5 Å². The highest BCUT2D eigenvalue weighted by Crippen LogP contribution is 2.33. The van der Waals surface area contributed by atoms with Crippen molar-refractivity contribution in [3.8, 4) is 10.6 Å². The van der Waals surface area contributed by atoms with Crippen LogP contribution in [0, 0.1) is 12.8 Å². The largest absolute Gasteiger partial charge is 0.329 e. The molecule has 1 atom stereocenters. The number of aryl methyl sites for hydroxylation is 1. The van der Waals surface area contributed by atoms with Gasteiger partial charge in [-0.25, -0.2) is 18.1 Å². The number of hydrogen-bond donors (Lipinski definition) is 2. The average Bonchev–Trinajstić information content (AvgIpc) is 3.26. The molecule has 0 radical (unpaired) electrons. The molecule has 23 heavy (non-hydrogen) atoms. The van der Waals surface area contributed by atoms with Crippen LogP contribution >= 0.6 is 23.7 Å². The van der Waals surface area contributed by atoms with Crippen molar-refractivity contribution in [3.05, 3.63) is 35.3 Å². The molecule has 1 aromatic carbocycles. The Labute approximate surface area is 146 Å². The van der Waals surface area contributed by atoms with Gasteiger partial charge < -0.3 is 5.73 Å². The number of benzene rings is 1. The first-order valence-electron chi connectivity index (χ1n) is 7.24. The molecule has 0 aliphatic heterocycles. The third-order valence-electron chi connectivity index (χ3n) is 3.76. The maximum atomic E-state index is 12.5. The zero-order chi connectivity index (χ0) is 15.7. The van der Waals surface area contributed by atoms with E-state index in [4.69, 9.17) is 5.73 Å². The Morgan fingerprint density at radius 1 is 1.43 bits per heavy atom. The SMILES string of the molecule is Cc1csc(-c2cccc(S(=O)(=O)NC(CN)C3CC3)c2)n1.Cl. The molecular formula is C15H20ClN3O2S2. The summed E-state index contributed by atoms with van der Waals surface area (Å²) in [6.45, 7) is 2.25. The highest BCUT2D eigenvalue weighted by molar-refractivity contribution is 7.89. The smallest absolute Gasteiger partial charge is 0.240 e. The molecule has 0 amide bonds. The summed E-state index contributed by atoms with van der Waals surface area (Å²) in [5.74, 6) is 0.379. The normalized spacial score (nSPS) is 15.9. The molecule has 1 fully saturated rings. The highest BCUT2D eigenvalue weighted by Gasteiger charge is 2.33. The van der Waals surface area contributed by atoms with E-state index in [1.165, 1.54) is 11.3 Å². The number of sulfonamides is 1. The predicted molar refractivity (Wildman–Crippen MR) is 95.4 cm³/mol. The molecule has 1 aliphatic carbocycles. The van der Waals surface area contributed by atoms with Crippen LogP contribution in [0.5, 0.6) is 0 Å². The van der Waals surface area contributed by atoms with Gasteiger partial charge in [-0.3, -0.25) is 0 Å². The molecule has 8 heteroatoms. The van der Waals surface area contributed by atoms with Crippen molar-refractivity contribution in [2.75, 3.05) is 6.54 Å². The van der Waals surface area contributed by atoms with Crippen molar-refractivity contribution in [2.24, 2.45) is 11.7 Å². The van der Waals surface area contributed by atoms with Crippen molar-refractivity contribution in [1.29, 1.82) is 0 Å². The lowest BCUT2D eigenvalue weighted by Crippen LogP contribution is -2.41. The Morgan fingerprint density at radius 2 is 2.17 bits per heavy atom. The number of nitrogens with two attached hydrogens (primary N) is 1. The van der Waals surface area contributed by atoms with E-state index < -0.39 is 10.0 Å². The quantitative estimate of drug-likeness (QED) is 0.814. The first-order valence-corrected chi connectivity index (χ1v) is 9.61. The number of hydrogen-bond acceptors (Lipinski definition) is 5. The van der Waals surface area contributed by atoms with E-state index >= 15 is 0 Å². The first kappa shape index (κ1) is 18.4. The molecule has 5 nitrogen and oxygen atoms in total. The zero-order valence-corrected chi connectivity index (χ0v) is 15.2. The standard InChI is InChI=1S/C15H19N3O2S2.ClH/c1-10-9-21-15(17-10)12-3-2-4-13(7-12)22(19,20)18-14(8-16)11-5-6-11;/h2-4,7,9,11,14,18H,5-6,8,16H2,1H3;1H. The molecule has 3 rings (SSSR count). The second-order valence-electron chi connectivity index (χ2n) is 5.62. The molecule has 0 saturated heterocycles.